The van der Waals surface area contributed by atoms with E-state index in [9.17, 15) is 18.0 Å². The van der Waals surface area contributed by atoms with Crippen LogP contribution in [-0.4, -0.2) is 32.5 Å². The molecule has 4 rings (SSSR count). The molecule has 8 heteroatoms. The molecule has 6 nitrogen and oxygen atoms in total. The highest BCUT2D eigenvalue weighted by molar-refractivity contribution is 9.10. The summed E-state index contributed by atoms with van der Waals surface area (Å²) in [6.07, 6.45) is 3.64. The second-order valence-electron chi connectivity index (χ2n) is 8.34. The zero-order valence-electron chi connectivity index (χ0n) is 18.1. The molecule has 2 aliphatic rings. The molecule has 1 heterocycles. The summed E-state index contributed by atoms with van der Waals surface area (Å²) >= 11 is 3.40. The highest BCUT2D eigenvalue weighted by atomic mass is 79.9. The van der Waals surface area contributed by atoms with E-state index >= 15 is 0 Å². The third kappa shape index (κ3) is 4.62. The molecule has 0 fully saturated rings. The Labute approximate surface area is 197 Å². The Kier molecular flexibility index (Phi) is 6.72. The van der Waals surface area contributed by atoms with Crippen LogP contribution in [-0.2, 0) is 32.3 Å². The third-order valence-electron chi connectivity index (χ3n) is 6.23. The van der Waals surface area contributed by atoms with E-state index in [1.807, 2.05) is 24.3 Å². The number of anilines is 1. The summed E-state index contributed by atoms with van der Waals surface area (Å²) in [4.78, 5) is 26.7. The Balaban J connectivity index is 1.50. The van der Waals surface area contributed by atoms with Crippen LogP contribution in [0.3, 0.4) is 0 Å². The van der Waals surface area contributed by atoms with Gasteiger partial charge in [-0.3, -0.25) is 9.59 Å². The van der Waals surface area contributed by atoms with E-state index in [1.165, 1.54) is 5.56 Å². The maximum absolute atomic E-state index is 13.3. The molecule has 0 aromatic heterocycles. The van der Waals surface area contributed by atoms with Crippen molar-refractivity contribution in [2.75, 3.05) is 17.2 Å². The molecule has 0 spiro atoms. The first-order chi connectivity index (χ1) is 15.3. The van der Waals surface area contributed by atoms with Crippen molar-refractivity contribution in [1.29, 1.82) is 0 Å². The van der Waals surface area contributed by atoms with Crippen LogP contribution in [0, 0.1) is 0 Å². The molecule has 0 radical (unpaired) electrons. The molecule has 2 aromatic rings. The molecule has 0 saturated heterocycles. The van der Waals surface area contributed by atoms with Crippen LogP contribution in [0.25, 0.3) is 0 Å². The number of fused-ring (bicyclic) bond motifs is 2. The highest BCUT2D eigenvalue weighted by Gasteiger charge is 2.32. The summed E-state index contributed by atoms with van der Waals surface area (Å²) < 4.78 is 27.2. The molecule has 0 saturated carbocycles. The van der Waals surface area contributed by atoms with Crippen molar-refractivity contribution < 1.29 is 18.0 Å². The molecule has 0 bridgehead atoms. The largest absolute Gasteiger partial charge is 0.349 e. The average Bonchev–Trinajstić information content (AvgIpc) is 3.20. The number of carbonyl (C=O) groups is 2. The summed E-state index contributed by atoms with van der Waals surface area (Å²) in [7, 11) is -3.76. The molecule has 32 heavy (non-hydrogen) atoms. The Bertz CT molecular complexity index is 1160. The van der Waals surface area contributed by atoms with E-state index in [0.717, 1.165) is 30.4 Å². The molecule has 1 atom stereocenters. The number of aryl methyl sites for hydroxylation is 1. The highest BCUT2D eigenvalue weighted by Crippen LogP contribution is 2.38. The van der Waals surface area contributed by atoms with Gasteiger partial charge < -0.3 is 10.2 Å². The first-order valence-electron chi connectivity index (χ1n) is 11.0. The zero-order valence-corrected chi connectivity index (χ0v) is 20.5. The number of carbonyl (C=O) groups excluding carboxylic acids is 2. The average molecular weight is 519 g/mol. The minimum atomic E-state index is -3.76. The molecule has 1 aliphatic carbocycles. The van der Waals surface area contributed by atoms with Gasteiger partial charge in [-0.05, 0) is 54.5 Å². The van der Waals surface area contributed by atoms with Gasteiger partial charge in [0.25, 0.3) is 0 Å². The van der Waals surface area contributed by atoms with E-state index < -0.39 is 9.84 Å². The summed E-state index contributed by atoms with van der Waals surface area (Å²) in [5, 5.41) is 3.02. The molecule has 2 aromatic carbocycles. The first-order valence-corrected chi connectivity index (χ1v) is 13.5. The Hall–Kier alpha value is -2.19. The normalized spacial score (nSPS) is 17.6. The lowest BCUT2D eigenvalue weighted by Gasteiger charge is -2.26. The molecular weight excluding hydrogens is 492 g/mol. The fraction of sp³-hybridized carbons (Fsp3) is 0.417. The van der Waals surface area contributed by atoms with Crippen molar-refractivity contribution in [3.8, 4) is 0 Å². The van der Waals surface area contributed by atoms with Gasteiger partial charge in [0.15, 0.2) is 9.84 Å². The van der Waals surface area contributed by atoms with Gasteiger partial charge in [-0.25, -0.2) is 8.42 Å². The predicted molar refractivity (Wildman–Crippen MR) is 127 cm³/mol. The lowest BCUT2D eigenvalue weighted by Crippen LogP contribution is -2.32. The first kappa shape index (κ1) is 23.0. The van der Waals surface area contributed by atoms with Gasteiger partial charge in [-0.15, -0.1) is 0 Å². The van der Waals surface area contributed by atoms with Crippen LogP contribution in [0.1, 0.15) is 55.3 Å². The smallest absolute Gasteiger partial charge is 0.226 e. The quantitative estimate of drug-likeness (QED) is 0.623. The lowest BCUT2D eigenvalue weighted by molar-refractivity contribution is -0.121. The monoisotopic (exact) mass is 518 g/mol. The summed E-state index contributed by atoms with van der Waals surface area (Å²) in [6.45, 7) is 2.24. The summed E-state index contributed by atoms with van der Waals surface area (Å²) in [5.41, 5.74) is 3.67. The van der Waals surface area contributed by atoms with Crippen LogP contribution in [0.2, 0.25) is 0 Å². The standard InChI is InChI=1S/C24H27BrN2O4S/c1-2-23(29)27-12-10-17-14-18(25)15-21(24(17)27)32(30,31)13-11-22(28)26-20-9-5-7-16-6-3-4-8-19(16)20/h3-4,6,8,14-15,20H,2,5,7,9-13H2,1H3,(H,26,28)/t20-/m1/s1. The van der Waals surface area contributed by atoms with Crippen molar-refractivity contribution >= 4 is 43.3 Å². The van der Waals surface area contributed by atoms with E-state index in [4.69, 9.17) is 0 Å². The lowest BCUT2D eigenvalue weighted by atomic mass is 9.88. The molecule has 2 amide bonds. The molecular formula is C24H27BrN2O4S. The fourth-order valence-electron chi connectivity index (χ4n) is 4.65. The SMILES string of the molecule is CCC(=O)N1CCc2cc(Br)cc(S(=O)(=O)CCC(=O)N[C@@H]3CCCc4ccccc43)c21. The zero-order chi connectivity index (χ0) is 22.9. The molecule has 1 N–H and O–H groups in total. The number of benzene rings is 2. The number of hydrogen-bond acceptors (Lipinski definition) is 4. The maximum atomic E-state index is 13.3. The second-order valence-corrected chi connectivity index (χ2v) is 11.3. The van der Waals surface area contributed by atoms with Crippen LogP contribution >= 0.6 is 15.9 Å². The second kappa shape index (κ2) is 9.35. The predicted octanol–water partition coefficient (Wildman–Crippen LogP) is 4.11. The van der Waals surface area contributed by atoms with Gasteiger partial charge in [0, 0.05) is 23.9 Å². The fourth-order valence-corrected chi connectivity index (χ4v) is 6.83. The van der Waals surface area contributed by atoms with Crippen LogP contribution in [0.5, 0.6) is 0 Å². The molecule has 0 unspecified atom stereocenters. The van der Waals surface area contributed by atoms with Crippen molar-refractivity contribution in [3.05, 3.63) is 57.6 Å². The van der Waals surface area contributed by atoms with Gasteiger partial charge in [0.1, 0.15) is 0 Å². The van der Waals surface area contributed by atoms with Crippen LogP contribution in [0.15, 0.2) is 45.8 Å². The number of halogens is 1. The maximum Gasteiger partial charge on any atom is 0.226 e. The minimum Gasteiger partial charge on any atom is -0.349 e. The van der Waals surface area contributed by atoms with Gasteiger partial charge in [0.05, 0.1) is 22.4 Å². The number of rotatable bonds is 6. The third-order valence-corrected chi connectivity index (χ3v) is 8.42. The molecule has 1 aliphatic heterocycles. The number of amides is 2. The summed E-state index contributed by atoms with van der Waals surface area (Å²) in [5.74, 6) is -0.677. The Morgan fingerprint density at radius 1 is 1.16 bits per heavy atom. The van der Waals surface area contributed by atoms with Gasteiger partial charge in [-0.2, -0.15) is 0 Å². The van der Waals surface area contributed by atoms with Gasteiger partial charge >= 0.3 is 0 Å². The van der Waals surface area contributed by atoms with E-state index in [0.29, 0.717) is 29.5 Å². The number of nitrogens with zero attached hydrogens (tertiary/aromatic N) is 1. The Morgan fingerprint density at radius 2 is 1.94 bits per heavy atom. The van der Waals surface area contributed by atoms with Crippen LogP contribution < -0.4 is 10.2 Å². The van der Waals surface area contributed by atoms with Crippen LogP contribution in [0.4, 0.5) is 5.69 Å². The van der Waals surface area contributed by atoms with E-state index in [1.54, 1.807) is 17.9 Å². The van der Waals surface area contributed by atoms with Crippen molar-refractivity contribution in [2.24, 2.45) is 0 Å². The Morgan fingerprint density at radius 3 is 2.72 bits per heavy atom. The number of nitrogens with one attached hydrogen (secondary N) is 1. The molecule has 170 valence electrons. The van der Waals surface area contributed by atoms with Gasteiger partial charge in [0.2, 0.25) is 11.8 Å². The van der Waals surface area contributed by atoms with Crippen molar-refractivity contribution in [3.63, 3.8) is 0 Å². The topological polar surface area (TPSA) is 83.6 Å². The number of sulfone groups is 1. The van der Waals surface area contributed by atoms with Gasteiger partial charge in [-0.1, -0.05) is 47.1 Å². The van der Waals surface area contributed by atoms with Crippen molar-refractivity contribution in [2.45, 2.75) is 56.4 Å². The van der Waals surface area contributed by atoms with E-state index in [2.05, 4.69) is 27.3 Å². The van der Waals surface area contributed by atoms with E-state index in [-0.39, 0.29) is 34.9 Å². The summed E-state index contributed by atoms with van der Waals surface area (Å²) in [6, 6.07) is 11.4. The van der Waals surface area contributed by atoms with Crippen molar-refractivity contribution in [1.82, 2.24) is 5.32 Å². The number of hydrogen-bond donors (Lipinski definition) is 1. The minimum absolute atomic E-state index is 0.0806.